The summed E-state index contributed by atoms with van der Waals surface area (Å²) >= 11 is 3.51. The summed E-state index contributed by atoms with van der Waals surface area (Å²) in [6.07, 6.45) is 3.15. The first-order chi connectivity index (χ1) is 8.19. The van der Waals surface area contributed by atoms with Crippen LogP contribution in [0.3, 0.4) is 0 Å². The van der Waals surface area contributed by atoms with Crippen LogP contribution in [0, 0.1) is 11.7 Å². The van der Waals surface area contributed by atoms with Crippen molar-refractivity contribution < 1.29 is 4.39 Å². The topological polar surface area (TPSA) is 29.0 Å². The van der Waals surface area contributed by atoms with Crippen LogP contribution in [0.25, 0.3) is 0 Å². The third kappa shape index (κ3) is 2.30. The average molecular weight is 302 g/mol. The minimum absolute atomic E-state index is 0.255. The van der Waals surface area contributed by atoms with Gasteiger partial charge in [0.25, 0.3) is 0 Å². The maximum absolute atomic E-state index is 14.2. The van der Waals surface area contributed by atoms with Crippen LogP contribution >= 0.6 is 15.9 Å². The Bertz CT molecular complexity index is 399. The lowest BCUT2D eigenvalue weighted by Gasteiger charge is -2.26. The predicted molar refractivity (Wildman–Crippen MR) is 70.1 cm³/mol. The molecule has 94 valence electrons. The van der Waals surface area contributed by atoms with Gasteiger partial charge in [-0.25, -0.2) is 14.4 Å². The van der Waals surface area contributed by atoms with E-state index in [4.69, 9.17) is 0 Å². The molecule has 1 aliphatic heterocycles. The van der Waals surface area contributed by atoms with Crippen molar-refractivity contribution in [3.8, 4) is 0 Å². The molecule has 0 aromatic carbocycles. The van der Waals surface area contributed by atoms with E-state index in [0.29, 0.717) is 29.9 Å². The Morgan fingerprint density at radius 2 is 2.29 bits per heavy atom. The number of nitrogens with zero attached hydrogens (tertiary/aromatic N) is 3. The molecular weight excluding hydrogens is 285 g/mol. The van der Waals surface area contributed by atoms with E-state index in [1.54, 1.807) is 0 Å². The zero-order valence-electron chi connectivity index (χ0n) is 10.2. The zero-order chi connectivity index (χ0) is 12.4. The molecule has 1 saturated heterocycles. The molecule has 0 N–H and O–H groups in total. The van der Waals surface area contributed by atoms with E-state index in [0.717, 1.165) is 18.3 Å². The summed E-state index contributed by atoms with van der Waals surface area (Å²) in [4.78, 5) is 10.2. The standard InChI is InChI=1S/C12H17BrFN3/c1-3-9-11(14)12(16-7-15-9)17-5-4-8(2)10(17)6-13/h7-8,10H,3-6H2,1-2H3. The summed E-state index contributed by atoms with van der Waals surface area (Å²) < 4.78 is 14.2. The molecular formula is C12H17BrFN3. The molecule has 0 aliphatic carbocycles. The van der Waals surface area contributed by atoms with Crippen molar-refractivity contribution in [1.29, 1.82) is 0 Å². The van der Waals surface area contributed by atoms with Gasteiger partial charge in [-0.1, -0.05) is 29.8 Å². The minimum Gasteiger partial charge on any atom is -0.350 e. The van der Waals surface area contributed by atoms with Gasteiger partial charge in [0.2, 0.25) is 0 Å². The molecule has 3 nitrogen and oxygen atoms in total. The van der Waals surface area contributed by atoms with Crippen molar-refractivity contribution >= 4 is 21.7 Å². The average Bonchev–Trinajstić information content (AvgIpc) is 2.70. The van der Waals surface area contributed by atoms with Crippen molar-refractivity contribution in [2.45, 2.75) is 32.7 Å². The first-order valence-corrected chi connectivity index (χ1v) is 7.13. The van der Waals surface area contributed by atoms with Gasteiger partial charge >= 0.3 is 0 Å². The fraction of sp³-hybridized carbons (Fsp3) is 0.667. The normalized spacial score (nSPS) is 24.4. The van der Waals surface area contributed by atoms with Gasteiger partial charge in [0, 0.05) is 17.9 Å². The summed E-state index contributed by atoms with van der Waals surface area (Å²) in [5.74, 6) is 0.773. The molecule has 0 radical (unpaired) electrons. The van der Waals surface area contributed by atoms with Crippen molar-refractivity contribution in [3.63, 3.8) is 0 Å². The molecule has 1 aromatic rings. The molecule has 1 aliphatic rings. The molecule has 17 heavy (non-hydrogen) atoms. The summed E-state index contributed by atoms with van der Waals surface area (Å²) in [5.41, 5.74) is 0.503. The van der Waals surface area contributed by atoms with Crippen LogP contribution in [0.4, 0.5) is 10.2 Å². The molecule has 0 spiro atoms. The second-order valence-electron chi connectivity index (χ2n) is 4.49. The largest absolute Gasteiger partial charge is 0.350 e. The lowest BCUT2D eigenvalue weighted by Crippen LogP contribution is -2.35. The van der Waals surface area contributed by atoms with Gasteiger partial charge in [-0.3, -0.25) is 0 Å². The van der Waals surface area contributed by atoms with Crippen LogP contribution < -0.4 is 4.90 Å². The van der Waals surface area contributed by atoms with Crippen LogP contribution in [-0.4, -0.2) is 27.9 Å². The second kappa shape index (κ2) is 5.29. The highest BCUT2D eigenvalue weighted by atomic mass is 79.9. The Morgan fingerprint density at radius 3 is 2.94 bits per heavy atom. The van der Waals surface area contributed by atoms with Crippen molar-refractivity contribution in [2.24, 2.45) is 5.92 Å². The van der Waals surface area contributed by atoms with E-state index in [1.165, 1.54) is 6.33 Å². The first-order valence-electron chi connectivity index (χ1n) is 6.01. The lowest BCUT2D eigenvalue weighted by molar-refractivity contribution is 0.539. The van der Waals surface area contributed by atoms with E-state index >= 15 is 0 Å². The van der Waals surface area contributed by atoms with Gasteiger partial charge in [-0.2, -0.15) is 0 Å². The lowest BCUT2D eigenvalue weighted by atomic mass is 10.1. The second-order valence-corrected chi connectivity index (χ2v) is 5.14. The number of aryl methyl sites for hydroxylation is 1. The summed E-state index contributed by atoms with van der Waals surface area (Å²) in [5, 5.41) is 0.846. The third-order valence-corrected chi connectivity index (χ3v) is 4.15. The van der Waals surface area contributed by atoms with E-state index in [9.17, 15) is 4.39 Å². The molecule has 0 saturated carbocycles. The molecule has 1 aromatic heterocycles. The fourth-order valence-electron chi connectivity index (χ4n) is 2.35. The van der Waals surface area contributed by atoms with E-state index < -0.39 is 0 Å². The molecule has 1 fully saturated rings. The maximum Gasteiger partial charge on any atom is 0.187 e. The SMILES string of the molecule is CCc1ncnc(N2CCC(C)C2CBr)c1F. The molecule has 0 amide bonds. The van der Waals surface area contributed by atoms with Gasteiger partial charge in [-0.15, -0.1) is 0 Å². The van der Waals surface area contributed by atoms with Crippen molar-refractivity contribution in [2.75, 3.05) is 16.8 Å². The highest BCUT2D eigenvalue weighted by Gasteiger charge is 2.33. The molecule has 2 unspecified atom stereocenters. The Balaban J connectivity index is 2.34. The summed E-state index contributed by atoms with van der Waals surface area (Å²) in [7, 11) is 0. The fourth-order valence-corrected chi connectivity index (χ4v) is 3.34. The molecule has 2 heterocycles. The van der Waals surface area contributed by atoms with E-state index in [1.807, 2.05) is 6.92 Å². The molecule has 5 heteroatoms. The van der Waals surface area contributed by atoms with Crippen LogP contribution in [-0.2, 0) is 6.42 Å². The van der Waals surface area contributed by atoms with E-state index in [-0.39, 0.29) is 5.82 Å². The highest BCUT2D eigenvalue weighted by molar-refractivity contribution is 9.09. The monoisotopic (exact) mass is 301 g/mol. The van der Waals surface area contributed by atoms with Gasteiger partial charge in [0.15, 0.2) is 11.6 Å². The van der Waals surface area contributed by atoms with Crippen LogP contribution in [0.5, 0.6) is 0 Å². The van der Waals surface area contributed by atoms with Gasteiger partial charge < -0.3 is 4.90 Å². The van der Waals surface area contributed by atoms with Crippen molar-refractivity contribution in [1.82, 2.24) is 9.97 Å². The molecule has 0 bridgehead atoms. The van der Waals surface area contributed by atoms with Gasteiger partial charge in [0.05, 0.1) is 5.69 Å². The smallest absolute Gasteiger partial charge is 0.187 e. The van der Waals surface area contributed by atoms with Crippen LogP contribution in [0.1, 0.15) is 26.0 Å². The van der Waals surface area contributed by atoms with Crippen molar-refractivity contribution in [3.05, 3.63) is 17.8 Å². The molecule has 2 rings (SSSR count). The summed E-state index contributed by atoms with van der Waals surface area (Å²) in [6, 6.07) is 0.323. The van der Waals surface area contributed by atoms with Crippen LogP contribution in [0.15, 0.2) is 6.33 Å². The maximum atomic E-state index is 14.2. The molecule has 2 atom stereocenters. The predicted octanol–water partition coefficient (Wildman–Crippen LogP) is 2.79. The highest BCUT2D eigenvalue weighted by Crippen LogP contribution is 2.31. The van der Waals surface area contributed by atoms with E-state index in [2.05, 4.69) is 37.7 Å². The zero-order valence-corrected chi connectivity index (χ0v) is 11.7. The minimum atomic E-state index is -0.255. The number of anilines is 1. The number of halogens is 2. The Morgan fingerprint density at radius 1 is 1.53 bits per heavy atom. The number of aromatic nitrogens is 2. The quantitative estimate of drug-likeness (QED) is 0.804. The number of hydrogen-bond donors (Lipinski definition) is 0. The number of rotatable bonds is 3. The third-order valence-electron chi connectivity index (χ3n) is 3.49. The van der Waals surface area contributed by atoms with Crippen LogP contribution in [0.2, 0.25) is 0 Å². The Labute approximate surface area is 110 Å². The Hall–Kier alpha value is -0.710. The Kier molecular flexibility index (Phi) is 3.97. The summed E-state index contributed by atoms with van der Waals surface area (Å²) in [6.45, 7) is 4.98. The first kappa shape index (κ1) is 12.7. The number of alkyl halides is 1. The van der Waals surface area contributed by atoms with Gasteiger partial charge in [-0.05, 0) is 18.8 Å². The van der Waals surface area contributed by atoms with Gasteiger partial charge in [0.1, 0.15) is 6.33 Å². The number of hydrogen-bond acceptors (Lipinski definition) is 3.